The van der Waals surface area contributed by atoms with Crippen molar-refractivity contribution in [1.82, 2.24) is 15.3 Å². The number of benzene rings is 2. The number of aromatic carboxylic acids is 1. The summed E-state index contributed by atoms with van der Waals surface area (Å²) in [5.41, 5.74) is 10.8. The number of aromatic nitrogens is 2. The summed E-state index contributed by atoms with van der Waals surface area (Å²) in [5, 5.41) is 50.9. The number of fused-ring (bicyclic) bond motifs is 1. The quantitative estimate of drug-likeness (QED) is 0.0289. The topological polar surface area (TPSA) is 207 Å². The van der Waals surface area contributed by atoms with Crippen LogP contribution >= 0.6 is 11.3 Å². The van der Waals surface area contributed by atoms with E-state index in [1.807, 2.05) is 49.4 Å². The molecular weight excluding hydrogens is 755 g/mol. The fraction of sp³-hybridized carbons (Fsp3) is 0.500. The van der Waals surface area contributed by atoms with Crippen LogP contribution in [0.15, 0.2) is 65.8 Å². The van der Waals surface area contributed by atoms with Crippen molar-refractivity contribution in [2.24, 2.45) is 27.0 Å². The Kier molecular flexibility index (Phi) is 12.0. The summed E-state index contributed by atoms with van der Waals surface area (Å²) < 4.78 is 7.91. The zero-order valence-electron chi connectivity index (χ0n) is 33.8. The van der Waals surface area contributed by atoms with Crippen molar-refractivity contribution in [3.05, 3.63) is 88.7 Å². The van der Waals surface area contributed by atoms with Crippen molar-refractivity contribution < 1.29 is 30.0 Å². The number of carbonyl (C=O) groups is 1. The second kappa shape index (κ2) is 16.7. The molecule has 2 aromatic carbocycles. The van der Waals surface area contributed by atoms with Crippen LogP contribution in [0.2, 0.25) is 0 Å². The van der Waals surface area contributed by atoms with Gasteiger partial charge in [0.15, 0.2) is 17.1 Å². The molecule has 0 saturated heterocycles. The summed E-state index contributed by atoms with van der Waals surface area (Å²) in [4.78, 5) is 27.0. The number of ether oxygens (including phenoxy) is 1. The number of para-hydroxylation sites is 1. The van der Waals surface area contributed by atoms with Crippen LogP contribution in [-0.2, 0) is 17.7 Å². The highest BCUT2D eigenvalue weighted by Crippen LogP contribution is 2.87. The Bertz CT molecular complexity index is 2180. The number of aliphatic hydroxyl groups is 3. The number of aliphatic imine (C=N–C) groups is 1. The summed E-state index contributed by atoms with van der Waals surface area (Å²) >= 11 is 1.47. The summed E-state index contributed by atoms with van der Waals surface area (Å²) in [6.07, 6.45) is 5.10. The van der Waals surface area contributed by atoms with Crippen LogP contribution in [0.3, 0.4) is 0 Å². The van der Waals surface area contributed by atoms with Crippen LogP contribution in [0.25, 0.3) is 15.8 Å². The van der Waals surface area contributed by atoms with Crippen molar-refractivity contribution in [3.63, 3.8) is 0 Å². The van der Waals surface area contributed by atoms with Crippen molar-refractivity contribution in [3.8, 4) is 0 Å². The zero-order valence-corrected chi connectivity index (χ0v) is 34.7. The highest BCUT2D eigenvalue weighted by atomic mass is 32.1. The lowest BCUT2D eigenvalue weighted by Gasteiger charge is -2.79. The maximum atomic E-state index is 12.7. The van der Waals surface area contributed by atoms with E-state index in [0.29, 0.717) is 72.6 Å². The molecule has 14 heteroatoms. The molecule has 0 bridgehead atoms. The van der Waals surface area contributed by atoms with Crippen molar-refractivity contribution in [2.45, 2.75) is 90.7 Å². The third-order valence-corrected chi connectivity index (χ3v) is 14.1. The Morgan fingerprint density at radius 1 is 1.05 bits per heavy atom. The zero-order chi connectivity index (χ0) is 41.3. The predicted molar refractivity (Wildman–Crippen MR) is 229 cm³/mol. The van der Waals surface area contributed by atoms with Crippen LogP contribution in [0, 0.1) is 16.2 Å². The first-order chi connectivity index (χ1) is 27.8. The van der Waals surface area contributed by atoms with Gasteiger partial charge in [-0.05, 0) is 98.2 Å². The molecule has 0 spiro atoms. The average molecular weight is 812 g/mol. The van der Waals surface area contributed by atoms with E-state index in [4.69, 9.17) is 20.6 Å². The molecule has 4 aromatic rings. The highest BCUT2D eigenvalue weighted by molar-refractivity contribution is 7.22. The van der Waals surface area contributed by atoms with Crippen molar-refractivity contribution in [1.29, 1.82) is 0 Å². The van der Waals surface area contributed by atoms with Gasteiger partial charge in [-0.25, -0.2) is 14.8 Å². The van der Waals surface area contributed by atoms with Gasteiger partial charge in [-0.3, -0.25) is 4.99 Å². The molecule has 6 atom stereocenters. The summed E-state index contributed by atoms with van der Waals surface area (Å²) in [6.45, 7) is 11.0. The molecule has 13 nitrogen and oxygen atoms in total. The standard InChI is InChI=1S/C44H57N7O6S/c1-5-28-9-8-10-31(38(54)51-40-49-34-11-6-7-12-35(34)58-40)33(28)22-47-36-14-13-30(37(50-36)39(55)56)32(21-45)27(2)48-26-43-17-16-41(3)24-42(4,25-43)44(41,43)57-20-19-46-18-15-29(53)23-52/h6-14,21,29,38,46,52-54H,5,15-20,22-26,45H2,1-4H3,(H,47,50)(H,49,51)(H,55,56)/b32-21+,48-27?/t29-,38?,41?,42?,43?,44?/m0/s1. The monoisotopic (exact) mass is 811 g/mol. The van der Waals surface area contributed by atoms with Gasteiger partial charge in [0.1, 0.15) is 5.82 Å². The molecule has 310 valence electrons. The minimum atomic E-state index is -1.18. The number of nitrogens with two attached hydrogens (primary N) is 1. The van der Waals surface area contributed by atoms with Gasteiger partial charge in [-0.15, -0.1) is 0 Å². The number of hydrogen-bond donors (Lipinski definition) is 8. The number of rotatable bonds is 20. The molecule has 3 fully saturated rings. The number of hydrogen-bond acceptors (Lipinski definition) is 13. The molecule has 0 aliphatic heterocycles. The van der Waals surface area contributed by atoms with Gasteiger partial charge in [0.25, 0.3) is 0 Å². The van der Waals surface area contributed by atoms with Crippen molar-refractivity contribution >= 4 is 49.8 Å². The minimum Gasteiger partial charge on any atom is -0.476 e. The lowest BCUT2D eigenvalue weighted by molar-refractivity contribution is -0.384. The van der Waals surface area contributed by atoms with E-state index in [0.717, 1.165) is 53.4 Å². The molecule has 5 unspecified atom stereocenters. The number of thiazole rings is 1. The number of carboxylic acids is 1. The normalized spacial score (nSPS) is 26.1. The third kappa shape index (κ3) is 7.28. The van der Waals surface area contributed by atoms with E-state index in [1.165, 1.54) is 17.5 Å². The Labute approximate surface area is 343 Å². The van der Waals surface area contributed by atoms with E-state index < -0.39 is 18.3 Å². The van der Waals surface area contributed by atoms with Crippen LogP contribution in [0.5, 0.6) is 0 Å². The van der Waals surface area contributed by atoms with E-state index in [1.54, 1.807) is 12.1 Å². The summed E-state index contributed by atoms with van der Waals surface area (Å²) in [7, 11) is 0. The molecule has 7 rings (SSSR count). The number of aryl methyl sites for hydroxylation is 1. The van der Waals surface area contributed by atoms with Gasteiger partial charge in [-0.2, -0.15) is 0 Å². The Balaban J connectivity index is 1.05. The summed E-state index contributed by atoms with van der Waals surface area (Å²) in [6, 6.07) is 17.1. The fourth-order valence-corrected chi connectivity index (χ4v) is 11.9. The number of anilines is 2. The third-order valence-electron chi connectivity index (χ3n) is 13.1. The first-order valence-electron chi connectivity index (χ1n) is 20.3. The fourth-order valence-electron chi connectivity index (χ4n) is 11.0. The number of pyridine rings is 1. The van der Waals surface area contributed by atoms with E-state index in [2.05, 4.69) is 46.7 Å². The number of allylic oxidation sites excluding steroid dienone is 1. The van der Waals surface area contributed by atoms with Gasteiger partial charge >= 0.3 is 5.97 Å². The van der Waals surface area contributed by atoms with Crippen molar-refractivity contribution in [2.75, 3.05) is 43.5 Å². The number of carboxylic acid groups (broad SMARTS) is 1. The molecule has 3 saturated carbocycles. The van der Waals surface area contributed by atoms with Crippen LogP contribution in [0.4, 0.5) is 10.9 Å². The first-order valence-corrected chi connectivity index (χ1v) is 21.1. The average Bonchev–Trinajstić information content (AvgIpc) is 3.64. The Hall–Kier alpha value is -4.44. The lowest BCUT2D eigenvalue weighted by atomic mass is 9.29. The number of nitrogens with zero attached hydrogens (tertiary/aromatic N) is 3. The first kappa shape index (κ1) is 41.7. The van der Waals surface area contributed by atoms with E-state index >= 15 is 0 Å². The molecule has 3 aliphatic carbocycles. The molecule has 3 aliphatic rings. The molecule has 2 aromatic heterocycles. The minimum absolute atomic E-state index is 0.0652. The Morgan fingerprint density at radius 2 is 1.86 bits per heavy atom. The van der Waals surface area contributed by atoms with Gasteiger partial charge in [0.2, 0.25) is 0 Å². The van der Waals surface area contributed by atoms with Crippen LogP contribution < -0.4 is 21.7 Å². The molecular formula is C44H57N7O6S. The maximum absolute atomic E-state index is 12.7. The summed E-state index contributed by atoms with van der Waals surface area (Å²) in [5.74, 6) is -0.810. The molecule has 0 amide bonds. The van der Waals surface area contributed by atoms with Gasteiger partial charge in [-0.1, -0.05) is 62.4 Å². The largest absolute Gasteiger partial charge is 0.476 e. The lowest BCUT2D eigenvalue weighted by Crippen LogP contribution is -2.82. The second-order valence-corrected chi connectivity index (χ2v) is 17.8. The van der Waals surface area contributed by atoms with E-state index in [-0.39, 0.29) is 34.1 Å². The molecule has 9 N–H and O–H groups in total. The highest BCUT2D eigenvalue weighted by Gasteiger charge is 2.88. The predicted octanol–water partition coefficient (Wildman–Crippen LogP) is 6.12. The Morgan fingerprint density at radius 3 is 2.59 bits per heavy atom. The van der Waals surface area contributed by atoms with Gasteiger partial charge < -0.3 is 46.8 Å². The van der Waals surface area contributed by atoms with Gasteiger partial charge in [0.05, 0.1) is 35.1 Å². The van der Waals surface area contributed by atoms with E-state index in [9.17, 15) is 20.1 Å². The van der Waals surface area contributed by atoms with Crippen LogP contribution in [-0.4, -0.2) is 86.6 Å². The molecule has 0 radical (unpaired) electrons. The maximum Gasteiger partial charge on any atom is 0.355 e. The van der Waals surface area contributed by atoms with Crippen LogP contribution in [0.1, 0.15) is 98.8 Å². The molecule has 58 heavy (non-hydrogen) atoms. The molecule has 2 heterocycles. The number of aliphatic hydroxyl groups excluding tert-OH is 3. The smallest absolute Gasteiger partial charge is 0.355 e. The number of nitrogens with one attached hydrogen (secondary N) is 3. The second-order valence-electron chi connectivity index (χ2n) is 16.8. The van der Waals surface area contributed by atoms with Gasteiger partial charge in [0, 0.05) is 53.7 Å². The SMILES string of the molecule is CCc1cccc(C(O)Nc2nc3ccccc3s2)c1CNc1ccc(/C(=C/N)C(C)=NCC23CCC4(C)CC(C)(C2)C43OCCNCC[C@H](O)CO)c(C(=O)O)n1.